The van der Waals surface area contributed by atoms with Gasteiger partial charge >= 0.3 is 0 Å². The summed E-state index contributed by atoms with van der Waals surface area (Å²) >= 11 is 1.54. The van der Waals surface area contributed by atoms with E-state index in [1.54, 1.807) is 11.5 Å². The summed E-state index contributed by atoms with van der Waals surface area (Å²) in [6, 6.07) is 16.4. The lowest BCUT2D eigenvalue weighted by atomic mass is 10.1. The maximum absolute atomic E-state index is 13.0. The van der Waals surface area contributed by atoms with Crippen molar-refractivity contribution in [1.29, 1.82) is 0 Å². The normalized spacial score (nSPS) is 15.0. The van der Waals surface area contributed by atoms with Crippen LogP contribution in [0.15, 0.2) is 54.7 Å². The quantitative estimate of drug-likeness (QED) is 0.535. The zero-order chi connectivity index (χ0) is 18.4. The van der Waals surface area contributed by atoms with Gasteiger partial charge in [-0.2, -0.15) is 4.37 Å². The highest BCUT2D eigenvalue weighted by molar-refractivity contribution is 7.13. The largest absolute Gasteiger partial charge is 0.352 e. The molecule has 1 aliphatic heterocycles. The molecule has 0 spiro atoms. The van der Waals surface area contributed by atoms with Gasteiger partial charge in [0.1, 0.15) is 5.82 Å². The fourth-order valence-corrected chi connectivity index (χ4v) is 4.60. The molecule has 6 heteroatoms. The molecular weight excluding hydrogens is 356 g/mol. The van der Waals surface area contributed by atoms with Crippen molar-refractivity contribution in [1.82, 2.24) is 13.8 Å². The number of hydrogen-bond donors (Lipinski definition) is 0. The van der Waals surface area contributed by atoms with E-state index in [1.165, 1.54) is 10.1 Å². The van der Waals surface area contributed by atoms with Gasteiger partial charge in [-0.3, -0.25) is 4.79 Å². The third-order valence-corrected chi connectivity index (χ3v) is 6.18. The topological polar surface area (TPSA) is 41.4 Å². The van der Waals surface area contributed by atoms with Crippen LogP contribution >= 0.6 is 11.5 Å². The number of hydrogen-bond acceptors (Lipinski definition) is 4. The Labute approximate surface area is 161 Å². The minimum Gasteiger partial charge on any atom is -0.352 e. The van der Waals surface area contributed by atoms with Crippen molar-refractivity contribution in [2.45, 2.75) is 0 Å². The van der Waals surface area contributed by atoms with E-state index in [9.17, 15) is 4.79 Å². The Hall–Kier alpha value is -2.86. The molecule has 0 saturated carbocycles. The summed E-state index contributed by atoms with van der Waals surface area (Å²) in [7, 11) is 2.01. The summed E-state index contributed by atoms with van der Waals surface area (Å²) in [6.45, 7) is 3.06. The van der Waals surface area contributed by atoms with Gasteiger partial charge in [-0.1, -0.05) is 18.2 Å². The lowest BCUT2D eigenvalue weighted by Crippen LogP contribution is -2.49. The van der Waals surface area contributed by atoms with Gasteiger partial charge in [0, 0.05) is 55.9 Å². The number of piperazine rings is 1. The number of fused-ring (bicyclic) bond motifs is 2. The van der Waals surface area contributed by atoms with Crippen LogP contribution in [0.3, 0.4) is 0 Å². The Morgan fingerprint density at radius 2 is 1.85 bits per heavy atom. The second-order valence-corrected chi connectivity index (χ2v) is 7.79. The molecule has 2 aromatic carbocycles. The zero-order valence-corrected chi connectivity index (χ0v) is 15.9. The van der Waals surface area contributed by atoms with Crippen LogP contribution in [0, 0.1) is 0 Å². The Balaban J connectivity index is 1.33. The summed E-state index contributed by atoms with van der Waals surface area (Å²) in [6.07, 6.45) is 2.02. The van der Waals surface area contributed by atoms with E-state index in [0.717, 1.165) is 48.5 Å². The fourth-order valence-electron chi connectivity index (χ4n) is 3.80. The highest BCUT2D eigenvalue weighted by atomic mass is 32.1. The molecule has 0 N–H and O–H groups in total. The number of anilines is 1. The molecule has 0 atom stereocenters. The first kappa shape index (κ1) is 16.3. The van der Waals surface area contributed by atoms with E-state index in [2.05, 4.69) is 38.1 Å². The Morgan fingerprint density at radius 3 is 2.70 bits per heavy atom. The smallest absolute Gasteiger partial charge is 0.254 e. The van der Waals surface area contributed by atoms with Gasteiger partial charge < -0.3 is 14.4 Å². The highest BCUT2D eigenvalue weighted by Gasteiger charge is 2.24. The predicted molar refractivity (Wildman–Crippen MR) is 111 cm³/mol. The summed E-state index contributed by atoms with van der Waals surface area (Å²) in [4.78, 5) is 17.2. The molecule has 1 aliphatic rings. The van der Waals surface area contributed by atoms with Gasteiger partial charge in [0.05, 0.1) is 4.70 Å². The lowest BCUT2D eigenvalue weighted by molar-refractivity contribution is 0.0747. The van der Waals surface area contributed by atoms with E-state index in [0.29, 0.717) is 0 Å². The van der Waals surface area contributed by atoms with Gasteiger partial charge in [-0.25, -0.2) is 0 Å². The molecule has 3 heterocycles. The monoisotopic (exact) mass is 376 g/mol. The van der Waals surface area contributed by atoms with Crippen LogP contribution in [0.25, 0.3) is 21.0 Å². The molecule has 136 valence electrons. The van der Waals surface area contributed by atoms with Crippen LogP contribution in [0.2, 0.25) is 0 Å². The van der Waals surface area contributed by atoms with Gasteiger partial charge in [0.2, 0.25) is 0 Å². The molecule has 5 nitrogen and oxygen atoms in total. The Bertz CT molecular complexity index is 1140. The van der Waals surface area contributed by atoms with Crippen LogP contribution in [0.1, 0.15) is 10.4 Å². The molecule has 27 heavy (non-hydrogen) atoms. The number of amides is 1. The second-order valence-electron chi connectivity index (χ2n) is 6.98. The second kappa shape index (κ2) is 6.39. The number of carbonyl (C=O) groups is 1. The van der Waals surface area contributed by atoms with Gasteiger partial charge in [-0.15, -0.1) is 0 Å². The van der Waals surface area contributed by atoms with Gasteiger partial charge in [-0.05, 0) is 47.3 Å². The molecule has 0 unspecified atom stereocenters. The molecule has 0 aliphatic carbocycles. The molecule has 2 aromatic heterocycles. The average molecular weight is 376 g/mol. The number of carbonyl (C=O) groups excluding carboxylic acids is 1. The fraction of sp³-hybridized carbons (Fsp3) is 0.238. The number of aryl methyl sites for hydroxylation is 1. The maximum Gasteiger partial charge on any atom is 0.254 e. The molecule has 0 bridgehead atoms. The first-order valence-corrected chi connectivity index (χ1v) is 9.92. The zero-order valence-electron chi connectivity index (χ0n) is 15.1. The molecule has 5 rings (SSSR count). The van der Waals surface area contributed by atoms with Crippen molar-refractivity contribution in [3.05, 3.63) is 60.3 Å². The van der Waals surface area contributed by atoms with Crippen molar-refractivity contribution >= 4 is 44.2 Å². The van der Waals surface area contributed by atoms with Crippen LogP contribution in [0.4, 0.5) is 5.82 Å². The van der Waals surface area contributed by atoms with Gasteiger partial charge in [0.25, 0.3) is 5.91 Å². The minimum absolute atomic E-state index is 0.112. The highest BCUT2D eigenvalue weighted by Crippen LogP contribution is 2.30. The summed E-state index contributed by atoms with van der Waals surface area (Å²) in [5.74, 6) is 1.16. The lowest BCUT2D eigenvalue weighted by Gasteiger charge is -2.35. The molecular formula is C21H20N4OS. The van der Waals surface area contributed by atoms with Crippen molar-refractivity contribution in [2.75, 3.05) is 31.1 Å². The number of rotatable bonds is 2. The van der Waals surface area contributed by atoms with Crippen molar-refractivity contribution in [2.24, 2.45) is 7.05 Å². The van der Waals surface area contributed by atoms with E-state index < -0.39 is 0 Å². The SMILES string of the molecule is Cn1ccc2ccc(C(=O)N3CCN(c4nsc5ccccc45)CC3)cc21. The first-order valence-electron chi connectivity index (χ1n) is 9.14. The first-order chi connectivity index (χ1) is 13.2. The minimum atomic E-state index is 0.112. The van der Waals surface area contributed by atoms with Crippen LogP contribution in [-0.2, 0) is 7.05 Å². The van der Waals surface area contributed by atoms with Crippen molar-refractivity contribution in [3.8, 4) is 0 Å². The van der Waals surface area contributed by atoms with E-state index in [-0.39, 0.29) is 5.91 Å². The Kier molecular flexibility index (Phi) is 3.86. The molecule has 1 fully saturated rings. The van der Waals surface area contributed by atoms with Crippen molar-refractivity contribution in [3.63, 3.8) is 0 Å². The van der Waals surface area contributed by atoms with E-state index in [1.807, 2.05) is 42.4 Å². The average Bonchev–Trinajstić information content (AvgIpc) is 3.31. The van der Waals surface area contributed by atoms with Crippen LogP contribution in [0.5, 0.6) is 0 Å². The predicted octanol–water partition coefficient (Wildman–Crippen LogP) is 3.75. The third kappa shape index (κ3) is 2.77. The molecule has 4 aromatic rings. The number of benzene rings is 2. The van der Waals surface area contributed by atoms with Crippen LogP contribution < -0.4 is 4.90 Å². The van der Waals surface area contributed by atoms with E-state index in [4.69, 9.17) is 0 Å². The van der Waals surface area contributed by atoms with Crippen LogP contribution in [-0.4, -0.2) is 45.9 Å². The number of nitrogens with zero attached hydrogens (tertiary/aromatic N) is 4. The summed E-state index contributed by atoms with van der Waals surface area (Å²) < 4.78 is 7.91. The van der Waals surface area contributed by atoms with E-state index >= 15 is 0 Å². The summed E-state index contributed by atoms with van der Waals surface area (Å²) in [5.41, 5.74) is 1.85. The number of aromatic nitrogens is 2. The molecule has 0 radical (unpaired) electrons. The van der Waals surface area contributed by atoms with Crippen molar-refractivity contribution < 1.29 is 4.79 Å². The third-order valence-electron chi connectivity index (χ3n) is 5.36. The van der Waals surface area contributed by atoms with Gasteiger partial charge in [0.15, 0.2) is 0 Å². The molecule has 1 saturated heterocycles. The Morgan fingerprint density at radius 1 is 1.04 bits per heavy atom. The molecule has 1 amide bonds. The standard InChI is InChI=1S/C21H20N4OS/c1-23-9-8-15-6-7-16(14-18(15)23)21(26)25-12-10-24(11-13-25)20-17-4-2-3-5-19(17)27-22-20/h2-9,14H,10-13H2,1H3. The maximum atomic E-state index is 13.0. The summed E-state index contributed by atoms with van der Waals surface area (Å²) in [5, 5.41) is 2.37.